The molecular weight excluding hydrogens is 1110 g/mol. The Morgan fingerprint density at radius 1 is 0.287 bits per heavy atom. The molecule has 0 aliphatic rings. The smallest absolute Gasteiger partial charge is 0.0131 e. The number of hydrogen-bond acceptors (Lipinski definition) is 3. The van der Waals surface area contributed by atoms with Crippen LogP contribution in [0, 0.1) is 5.92 Å². The summed E-state index contributed by atoms with van der Waals surface area (Å²) in [5.74, 6) is 6.32. The third kappa shape index (κ3) is 91.0. The lowest BCUT2D eigenvalue weighted by atomic mass is 9.94. The highest BCUT2D eigenvalue weighted by atomic mass is 32.2. The molecule has 0 fully saturated rings. The van der Waals surface area contributed by atoms with Crippen molar-refractivity contribution in [1.82, 2.24) is 0 Å². The highest BCUT2D eigenvalue weighted by Crippen LogP contribution is 2.37. The molecule has 0 bridgehead atoms. The van der Waals surface area contributed by atoms with Crippen LogP contribution >= 0.6 is 36.2 Å². The number of unbranched alkanes of at least 4 members (excludes halogenated alkanes) is 51. The summed E-state index contributed by atoms with van der Waals surface area (Å²) >= 11 is 8.75. The molecule has 2 atom stereocenters. The third-order valence-electron chi connectivity index (χ3n) is 18.8. The van der Waals surface area contributed by atoms with Crippen molar-refractivity contribution in [2.75, 3.05) is 23.0 Å². The van der Waals surface area contributed by atoms with Crippen LogP contribution in [0.2, 0.25) is 0 Å². The summed E-state index contributed by atoms with van der Waals surface area (Å²) in [6.07, 6.45) is 94.4. The van der Waals surface area contributed by atoms with Crippen LogP contribution < -0.4 is 0 Å². The minimum absolute atomic E-state index is 0.552. The van der Waals surface area contributed by atoms with E-state index in [0.717, 1.165) is 11.7 Å². The highest BCUT2D eigenvalue weighted by molar-refractivity contribution is 8.00. The normalized spacial score (nSPS) is 12.3. The van der Waals surface area contributed by atoms with E-state index in [0.29, 0.717) is 4.75 Å². The van der Waals surface area contributed by atoms with E-state index in [9.17, 15) is 0 Å². The van der Waals surface area contributed by atoms with Gasteiger partial charge in [-0.2, -0.15) is 36.2 Å². The van der Waals surface area contributed by atoms with E-state index in [1.165, 1.54) is 447 Å². The van der Waals surface area contributed by atoms with Crippen LogP contribution in [-0.2, 0) is 0 Å². The molecule has 0 saturated carbocycles. The average molecular weight is 1280 g/mol. The molecule has 87 heavy (non-hydrogen) atoms. The number of thioether (sulfide) groups is 2. The van der Waals surface area contributed by atoms with Crippen LogP contribution in [0.4, 0.5) is 0 Å². The first-order valence-corrected chi connectivity index (χ1v) is 44.0. The summed E-state index contributed by atoms with van der Waals surface area (Å²) in [7, 11) is 0. The average Bonchev–Trinajstić information content (AvgIpc) is 3.65. The summed E-state index contributed by atoms with van der Waals surface area (Å²) in [4.78, 5) is 0. The molecule has 0 saturated heterocycles. The first kappa shape index (κ1) is 94.2. The van der Waals surface area contributed by atoms with Gasteiger partial charge in [0.25, 0.3) is 0 Å². The van der Waals surface area contributed by atoms with Gasteiger partial charge in [0.2, 0.25) is 0 Å². The Bertz CT molecular complexity index is 1110. The van der Waals surface area contributed by atoms with Crippen LogP contribution in [0.15, 0.2) is 12.2 Å². The lowest BCUT2D eigenvalue weighted by Gasteiger charge is -2.29. The number of rotatable bonds is 71. The van der Waals surface area contributed by atoms with E-state index in [-0.39, 0.29) is 0 Å². The summed E-state index contributed by atoms with van der Waals surface area (Å²) in [6, 6.07) is 0. The fourth-order valence-electron chi connectivity index (χ4n) is 12.4. The van der Waals surface area contributed by atoms with Gasteiger partial charge in [-0.1, -0.05) is 435 Å². The Kier molecular flexibility index (Phi) is 96.2. The fraction of sp³-hybridized carbons (Fsp3) is 0.976. The van der Waals surface area contributed by atoms with Crippen molar-refractivity contribution >= 4 is 36.2 Å². The quantitative estimate of drug-likeness (QED) is 0.0366. The number of allylic oxidation sites excluding steroid dienone is 1. The van der Waals surface area contributed by atoms with Gasteiger partial charge in [-0.25, -0.2) is 0 Å². The van der Waals surface area contributed by atoms with Crippen LogP contribution in [0.3, 0.4) is 0 Å². The third-order valence-corrected chi connectivity index (χ3v) is 22.0. The molecule has 3 heteroatoms. The lowest BCUT2D eigenvalue weighted by molar-refractivity contribution is 0.436. The molecule has 0 spiro atoms. The van der Waals surface area contributed by atoms with Crippen molar-refractivity contribution in [3.8, 4) is 0 Å². The van der Waals surface area contributed by atoms with Crippen molar-refractivity contribution in [1.29, 1.82) is 0 Å². The van der Waals surface area contributed by atoms with Gasteiger partial charge in [-0.15, -0.1) is 0 Å². The van der Waals surface area contributed by atoms with Crippen molar-refractivity contribution in [3.05, 3.63) is 12.2 Å². The molecule has 0 aromatic rings. The molecule has 2 unspecified atom stereocenters. The van der Waals surface area contributed by atoms with Gasteiger partial charge in [-0.05, 0) is 99.6 Å². The monoisotopic (exact) mass is 1280 g/mol. The maximum atomic E-state index is 4.25. The molecule has 0 aliphatic heterocycles. The van der Waals surface area contributed by atoms with E-state index in [2.05, 4.69) is 112 Å². The van der Waals surface area contributed by atoms with Crippen molar-refractivity contribution < 1.29 is 0 Å². The van der Waals surface area contributed by atoms with E-state index in [4.69, 9.17) is 0 Å². The molecule has 0 nitrogen and oxygen atoms in total. The maximum Gasteiger partial charge on any atom is 0.0131 e. The first-order valence-electron chi connectivity index (χ1n) is 41.2. The molecule has 0 aliphatic carbocycles. The molecule has 0 amide bonds. The van der Waals surface area contributed by atoms with Crippen LogP contribution in [0.5, 0.6) is 0 Å². The number of hydrogen-bond donors (Lipinski definition) is 1. The second-order valence-corrected chi connectivity index (χ2v) is 31.6. The Morgan fingerprint density at radius 3 is 0.805 bits per heavy atom. The van der Waals surface area contributed by atoms with Crippen molar-refractivity contribution in [2.45, 2.75) is 498 Å². The van der Waals surface area contributed by atoms with Crippen LogP contribution in [-0.4, -0.2) is 27.8 Å². The van der Waals surface area contributed by atoms with Gasteiger partial charge >= 0.3 is 0 Å². The van der Waals surface area contributed by atoms with E-state index in [1.807, 2.05) is 0 Å². The molecule has 0 radical (unpaired) electrons. The minimum Gasteiger partial charge on any atom is -0.179 e. The minimum atomic E-state index is 0.552. The molecule has 528 valence electrons. The van der Waals surface area contributed by atoms with Gasteiger partial charge in [0.15, 0.2) is 0 Å². The zero-order chi connectivity index (χ0) is 64.6. The van der Waals surface area contributed by atoms with Gasteiger partial charge in [0.1, 0.15) is 0 Å². The highest BCUT2D eigenvalue weighted by Gasteiger charge is 2.23. The summed E-state index contributed by atoms with van der Waals surface area (Å²) in [5.41, 5.74) is 1.51. The molecule has 0 rings (SSSR count). The summed E-state index contributed by atoms with van der Waals surface area (Å²) in [6.45, 7) is 27.6. The van der Waals surface area contributed by atoms with E-state index < -0.39 is 0 Å². The number of thiol groups is 1. The van der Waals surface area contributed by atoms with Crippen LogP contribution in [0.1, 0.15) is 493 Å². The Balaban J connectivity index is -0.000000561. The molecule has 0 aromatic heterocycles. The molecule has 0 N–H and O–H groups in total. The molecule has 0 heterocycles. The lowest BCUT2D eigenvalue weighted by Crippen LogP contribution is -2.21. The topological polar surface area (TPSA) is 0 Å². The van der Waals surface area contributed by atoms with E-state index in [1.54, 1.807) is 0 Å². The van der Waals surface area contributed by atoms with Gasteiger partial charge in [-0.3, -0.25) is 0 Å². The summed E-state index contributed by atoms with van der Waals surface area (Å²) in [5, 5.41) is 0. The largest absolute Gasteiger partial charge is 0.179 e. The molecular formula is C84H174S3. The zero-order valence-electron chi connectivity index (χ0n) is 63.0. The SMILES string of the molecule is C=C(CCCCCCCC)CCCCCCCCCC.CCCCCCCCCCC(C)(CCCCCCCC)SCCCCCCCC.CCCCCCCCCCC(CCCCCCCC)CSCCCCCCCC.CCCCCCCCS. The van der Waals surface area contributed by atoms with E-state index >= 15 is 0 Å². The Morgan fingerprint density at radius 2 is 0.517 bits per heavy atom. The Labute approximate surface area is 571 Å². The Hall–Kier alpha value is 0.790. The van der Waals surface area contributed by atoms with Gasteiger partial charge < -0.3 is 0 Å². The standard InChI is InChI=1S/2C28H58S.C20H40.C8H18S/c1-5-8-11-14-17-18-20-23-26-28(4,25-22-19-15-12-9-6-2)29-27-24-21-16-13-10-7-3;1-4-7-10-13-16-17-19-22-25-28(24-21-18-14-11-8-5-2)27-29-26-23-20-15-12-9-6-3;1-4-6-8-10-12-13-15-17-19-20(3)18-16-14-11-9-7-5-2;1-2-3-4-5-6-7-8-9/h5-27H2,1-4H3;28H,4-27H2,1-3H3;3-19H2,1-2H3;9H,2-8H2,1H3. The summed E-state index contributed by atoms with van der Waals surface area (Å²) < 4.78 is 0.552. The van der Waals surface area contributed by atoms with Gasteiger partial charge in [0, 0.05) is 4.75 Å². The second kappa shape index (κ2) is 88.8. The van der Waals surface area contributed by atoms with Crippen molar-refractivity contribution in [3.63, 3.8) is 0 Å². The van der Waals surface area contributed by atoms with Crippen molar-refractivity contribution in [2.24, 2.45) is 5.92 Å². The second-order valence-electron chi connectivity index (χ2n) is 28.3. The predicted molar refractivity (Wildman–Crippen MR) is 420 cm³/mol. The fourth-order valence-corrected chi connectivity index (χ4v) is 15.3. The molecule has 0 aromatic carbocycles. The van der Waals surface area contributed by atoms with Crippen LogP contribution in [0.25, 0.3) is 0 Å². The first-order chi connectivity index (χ1) is 42.8. The maximum absolute atomic E-state index is 4.25. The van der Waals surface area contributed by atoms with Gasteiger partial charge in [0.05, 0.1) is 0 Å². The zero-order valence-corrected chi connectivity index (χ0v) is 65.6. The predicted octanol–water partition coefficient (Wildman–Crippen LogP) is 33.2.